The number of benzene rings is 2. The van der Waals surface area contributed by atoms with Crippen molar-refractivity contribution in [3.8, 4) is 0 Å². The van der Waals surface area contributed by atoms with E-state index in [1.54, 1.807) is 30.3 Å². The van der Waals surface area contributed by atoms with Crippen LogP contribution < -0.4 is 10.0 Å². The molecule has 2 aromatic carbocycles. The Hall–Kier alpha value is -2.42. The standard InChI is InChI=1S/C18H15BrN2O4S/c19-14-4-1-3-13(11-14)18(22)21-15-6-8-17(9-7-15)26(23,24)20-12-16-5-2-10-25-16/h1-11,20H,12H2,(H,21,22). The molecule has 3 aromatic rings. The number of hydrogen-bond donors (Lipinski definition) is 2. The summed E-state index contributed by atoms with van der Waals surface area (Å²) < 4.78 is 32.9. The van der Waals surface area contributed by atoms with Crippen molar-refractivity contribution >= 4 is 37.5 Å². The van der Waals surface area contributed by atoms with E-state index in [4.69, 9.17) is 4.42 Å². The smallest absolute Gasteiger partial charge is 0.255 e. The van der Waals surface area contributed by atoms with Crippen molar-refractivity contribution in [3.05, 3.63) is 82.7 Å². The van der Waals surface area contributed by atoms with Crippen molar-refractivity contribution in [2.45, 2.75) is 11.4 Å². The molecule has 0 fully saturated rings. The molecule has 2 N–H and O–H groups in total. The van der Waals surface area contributed by atoms with Crippen LogP contribution in [0.4, 0.5) is 5.69 Å². The van der Waals surface area contributed by atoms with E-state index in [9.17, 15) is 13.2 Å². The van der Waals surface area contributed by atoms with Crippen LogP contribution in [0.5, 0.6) is 0 Å². The molecule has 134 valence electrons. The van der Waals surface area contributed by atoms with E-state index in [2.05, 4.69) is 26.0 Å². The van der Waals surface area contributed by atoms with E-state index < -0.39 is 10.0 Å². The molecule has 0 spiro atoms. The third-order valence-electron chi connectivity index (χ3n) is 3.53. The predicted molar refractivity (Wildman–Crippen MR) is 101 cm³/mol. The highest BCUT2D eigenvalue weighted by Crippen LogP contribution is 2.17. The quantitative estimate of drug-likeness (QED) is 0.617. The van der Waals surface area contributed by atoms with Gasteiger partial charge in [-0.2, -0.15) is 0 Å². The van der Waals surface area contributed by atoms with E-state index in [1.165, 1.54) is 30.5 Å². The minimum atomic E-state index is -3.67. The fourth-order valence-electron chi connectivity index (χ4n) is 2.21. The Balaban J connectivity index is 1.66. The topological polar surface area (TPSA) is 88.4 Å². The largest absolute Gasteiger partial charge is 0.468 e. The molecule has 1 heterocycles. The minimum Gasteiger partial charge on any atom is -0.468 e. The number of anilines is 1. The number of rotatable bonds is 6. The van der Waals surface area contributed by atoms with Crippen molar-refractivity contribution in [1.29, 1.82) is 0 Å². The maximum atomic E-state index is 12.3. The SMILES string of the molecule is O=C(Nc1ccc(S(=O)(=O)NCc2ccco2)cc1)c1cccc(Br)c1. The maximum absolute atomic E-state index is 12.3. The predicted octanol–water partition coefficient (Wildman–Crippen LogP) is 3.77. The van der Waals surface area contributed by atoms with Crippen molar-refractivity contribution in [2.24, 2.45) is 0 Å². The molecule has 0 radical (unpaired) electrons. The third-order valence-corrected chi connectivity index (χ3v) is 5.44. The molecule has 3 rings (SSSR count). The molecule has 6 nitrogen and oxygen atoms in total. The van der Waals surface area contributed by atoms with E-state index in [-0.39, 0.29) is 17.3 Å². The van der Waals surface area contributed by atoms with Gasteiger partial charge in [-0.3, -0.25) is 4.79 Å². The van der Waals surface area contributed by atoms with Crippen molar-refractivity contribution in [2.75, 3.05) is 5.32 Å². The second kappa shape index (κ2) is 7.86. The summed E-state index contributed by atoms with van der Waals surface area (Å²) in [5, 5.41) is 2.73. The molecule has 0 saturated carbocycles. The van der Waals surface area contributed by atoms with Crippen LogP contribution in [0, 0.1) is 0 Å². The summed E-state index contributed by atoms with van der Waals surface area (Å²) in [6.45, 7) is 0.0662. The van der Waals surface area contributed by atoms with Crippen LogP contribution in [0.3, 0.4) is 0 Å². The Morgan fingerprint density at radius 3 is 2.46 bits per heavy atom. The highest BCUT2D eigenvalue weighted by Gasteiger charge is 2.14. The minimum absolute atomic E-state index is 0.0662. The Morgan fingerprint density at radius 1 is 1.04 bits per heavy atom. The zero-order chi connectivity index (χ0) is 18.6. The first-order chi connectivity index (χ1) is 12.4. The number of hydrogen-bond acceptors (Lipinski definition) is 4. The third kappa shape index (κ3) is 4.60. The number of amides is 1. The van der Waals surface area contributed by atoms with Gasteiger partial charge >= 0.3 is 0 Å². The van der Waals surface area contributed by atoms with Gasteiger partial charge in [0.05, 0.1) is 17.7 Å². The Labute approximate surface area is 159 Å². The lowest BCUT2D eigenvalue weighted by Crippen LogP contribution is -2.23. The lowest BCUT2D eigenvalue weighted by atomic mass is 10.2. The van der Waals surface area contributed by atoms with Gasteiger partial charge in [-0.05, 0) is 54.6 Å². The Kier molecular flexibility index (Phi) is 5.55. The second-order valence-electron chi connectivity index (χ2n) is 5.39. The molecule has 0 aliphatic rings. The Morgan fingerprint density at radius 2 is 1.81 bits per heavy atom. The first-order valence-electron chi connectivity index (χ1n) is 7.63. The summed E-state index contributed by atoms with van der Waals surface area (Å²) >= 11 is 3.32. The summed E-state index contributed by atoms with van der Waals surface area (Å²) in [5.41, 5.74) is 0.996. The average molecular weight is 435 g/mol. The molecule has 0 unspecified atom stereocenters. The van der Waals surface area contributed by atoms with Gasteiger partial charge in [-0.25, -0.2) is 13.1 Å². The number of nitrogens with one attached hydrogen (secondary N) is 2. The highest BCUT2D eigenvalue weighted by atomic mass is 79.9. The number of sulfonamides is 1. The van der Waals surface area contributed by atoms with E-state index in [0.717, 1.165) is 4.47 Å². The molecular formula is C18H15BrN2O4S. The zero-order valence-electron chi connectivity index (χ0n) is 13.5. The summed E-state index contributed by atoms with van der Waals surface area (Å²) in [5.74, 6) is 0.240. The zero-order valence-corrected chi connectivity index (χ0v) is 15.9. The van der Waals surface area contributed by atoms with E-state index in [0.29, 0.717) is 17.0 Å². The van der Waals surface area contributed by atoms with E-state index in [1.807, 2.05) is 6.07 Å². The number of carbonyl (C=O) groups is 1. The van der Waals surface area contributed by atoms with Gasteiger partial charge in [-0.1, -0.05) is 22.0 Å². The maximum Gasteiger partial charge on any atom is 0.255 e. The Bertz CT molecular complexity index is 1000. The van der Waals surface area contributed by atoms with Crippen LogP contribution in [0.15, 0.2) is 80.7 Å². The number of furan rings is 1. The van der Waals surface area contributed by atoms with Gasteiger partial charge in [0, 0.05) is 15.7 Å². The van der Waals surface area contributed by atoms with E-state index >= 15 is 0 Å². The van der Waals surface area contributed by atoms with Crippen molar-refractivity contribution in [1.82, 2.24) is 4.72 Å². The molecule has 1 amide bonds. The molecule has 0 bridgehead atoms. The van der Waals surface area contributed by atoms with Crippen LogP contribution in [-0.2, 0) is 16.6 Å². The second-order valence-corrected chi connectivity index (χ2v) is 8.08. The number of carbonyl (C=O) groups excluding carboxylic acids is 1. The lowest BCUT2D eigenvalue weighted by molar-refractivity contribution is 0.102. The fourth-order valence-corrected chi connectivity index (χ4v) is 3.61. The summed E-state index contributed by atoms with van der Waals surface area (Å²) in [4.78, 5) is 12.3. The monoisotopic (exact) mass is 434 g/mol. The molecule has 1 aromatic heterocycles. The first-order valence-corrected chi connectivity index (χ1v) is 9.91. The van der Waals surface area contributed by atoms with Crippen molar-refractivity contribution < 1.29 is 17.6 Å². The van der Waals surface area contributed by atoms with Gasteiger partial charge in [0.1, 0.15) is 5.76 Å². The van der Waals surface area contributed by atoms with Crippen LogP contribution in [-0.4, -0.2) is 14.3 Å². The highest BCUT2D eigenvalue weighted by molar-refractivity contribution is 9.10. The van der Waals surface area contributed by atoms with Gasteiger partial charge in [0.2, 0.25) is 10.0 Å². The van der Waals surface area contributed by atoms with Crippen LogP contribution in [0.25, 0.3) is 0 Å². The average Bonchev–Trinajstić information content (AvgIpc) is 3.14. The summed E-state index contributed by atoms with van der Waals surface area (Å²) in [6.07, 6.45) is 1.48. The molecule has 8 heteroatoms. The van der Waals surface area contributed by atoms with Gasteiger partial charge in [0.15, 0.2) is 0 Å². The molecule has 0 aliphatic heterocycles. The van der Waals surface area contributed by atoms with Gasteiger partial charge in [0.25, 0.3) is 5.91 Å². The summed E-state index contributed by atoms with van der Waals surface area (Å²) in [6, 6.07) is 16.3. The molecule has 0 atom stereocenters. The van der Waals surface area contributed by atoms with Gasteiger partial charge in [-0.15, -0.1) is 0 Å². The lowest BCUT2D eigenvalue weighted by Gasteiger charge is -2.08. The van der Waals surface area contributed by atoms with Gasteiger partial charge < -0.3 is 9.73 Å². The van der Waals surface area contributed by atoms with Crippen LogP contribution in [0.2, 0.25) is 0 Å². The molecule has 0 saturated heterocycles. The summed E-state index contributed by atoms with van der Waals surface area (Å²) in [7, 11) is -3.67. The normalized spacial score (nSPS) is 11.3. The number of halogens is 1. The van der Waals surface area contributed by atoms with Crippen LogP contribution >= 0.6 is 15.9 Å². The fraction of sp³-hybridized carbons (Fsp3) is 0.0556. The molecule has 26 heavy (non-hydrogen) atoms. The molecule has 0 aliphatic carbocycles. The molecular weight excluding hydrogens is 420 g/mol. The first kappa shape index (κ1) is 18.4. The van der Waals surface area contributed by atoms with Crippen LogP contribution in [0.1, 0.15) is 16.1 Å². The van der Waals surface area contributed by atoms with Crippen molar-refractivity contribution in [3.63, 3.8) is 0 Å².